The lowest BCUT2D eigenvalue weighted by atomic mass is 10.1. The first-order valence-corrected chi connectivity index (χ1v) is 11.1. The zero-order chi connectivity index (χ0) is 18.4. The summed E-state index contributed by atoms with van der Waals surface area (Å²) in [7, 11) is -3.32. The molecular weight excluding hydrogens is 333 g/mol. The van der Waals surface area contributed by atoms with Gasteiger partial charge in [-0.05, 0) is 25.8 Å². The average molecular weight is 367 g/mol. The molecule has 0 aliphatic heterocycles. The summed E-state index contributed by atoms with van der Waals surface area (Å²) in [5.74, 6) is 0. The first kappa shape index (κ1) is 22.0. The Morgan fingerprint density at radius 2 is 1.56 bits per heavy atom. The second-order valence-corrected chi connectivity index (χ2v) is 7.94. The molecule has 0 saturated carbocycles. The predicted molar refractivity (Wildman–Crippen MR) is 107 cm³/mol. The van der Waals surface area contributed by atoms with Crippen molar-refractivity contribution in [3.8, 4) is 0 Å². The maximum absolute atomic E-state index is 13.2. The van der Waals surface area contributed by atoms with Crippen LogP contribution in [0.5, 0.6) is 0 Å². The van der Waals surface area contributed by atoms with Crippen molar-refractivity contribution in [1.82, 2.24) is 5.32 Å². The number of hydrogen-bond acceptors (Lipinski definition) is 4. The molecule has 1 aromatic carbocycles. The van der Waals surface area contributed by atoms with Crippen LogP contribution >= 0.6 is 7.60 Å². The van der Waals surface area contributed by atoms with Crippen LogP contribution in [0.1, 0.15) is 64.9 Å². The number of hydrogen-bond donors (Lipinski definition) is 1. The Balaban J connectivity index is 2.73. The van der Waals surface area contributed by atoms with Crippen molar-refractivity contribution >= 4 is 12.9 Å². The fraction of sp³-hybridized carbons (Fsp3) is 0.600. The fourth-order valence-electron chi connectivity index (χ4n) is 2.62. The van der Waals surface area contributed by atoms with Crippen LogP contribution in [0.4, 0.5) is 0 Å². The van der Waals surface area contributed by atoms with E-state index in [2.05, 4.69) is 12.2 Å². The molecule has 0 unspecified atom stereocenters. The lowest BCUT2D eigenvalue weighted by Gasteiger charge is -2.20. The van der Waals surface area contributed by atoms with Gasteiger partial charge in [0.05, 0.1) is 18.5 Å². The topological polar surface area (TPSA) is 47.6 Å². The molecule has 0 aliphatic carbocycles. The first-order valence-electron chi connectivity index (χ1n) is 9.56. The van der Waals surface area contributed by atoms with Crippen molar-refractivity contribution in [2.75, 3.05) is 19.8 Å². The van der Waals surface area contributed by atoms with Gasteiger partial charge in [0.1, 0.15) is 0 Å². The van der Waals surface area contributed by atoms with E-state index in [0.717, 1.165) is 18.5 Å². The van der Waals surface area contributed by atoms with Crippen LogP contribution in [0.15, 0.2) is 36.5 Å². The lowest BCUT2D eigenvalue weighted by molar-refractivity contribution is 0.230. The highest BCUT2D eigenvalue weighted by atomic mass is 31.2. The molecule has 0 amide bonds. The van der Waals surface area contributed by atoms with Gasteiger partial charge in [0.25, 0.3) is 0 Å². The second-order valence-electron chi connectivity index (χ2n) is 5.95. The molecule has 142 valence electrons. The van der Waals surface area contributed by atoms with Gasteiger partial charge < -0.3 is 14.4 Å². The molecular formula is C20H34NO3P. The van der Waals surface area contributed by atoms with Crippen LogP contribution in [0, 0.1) is 0 Å². The molecule has 25 heavy (non-hydrogen) atoms. The molecule has 0 aromatic heterocycles. The van der Waals surface area contributed by atoms with Crippen molar-refractivity contribution in [2.24, 2.45) is 0 Å². The molecule has 0 heterocycles. The van der Waals surface area contributed by atoms with Gasteiger partial charge in [0.2, 0.25) is 0 Å². The molecule has 1 rings (SSSR count). The normalized spacial score (nSPS) is 12.4. The fourth-order valence-corrected chi connectivity index (χ4v) is 4.37. The van der Waals surface area contributed by atoms with Crippen molar-refractivity contribution in [1.29, 1.82) is 0 Å². The predicted octanol–water partition coefficient (Wildman–Crippen LogP) is 6.20. The second kappa shape index (κ2) is 13.2. The van der Waals surface area contributed by atoms with Gasteiger partial charge in [-0.1, -0.05) is 69.4 Å². The zero-order valence-electron chi connectivity index (χ0n) is 16.0. The maximum Gasteiger partial charge on any atom is 0.363 e. The smallest absolute Gasteiger partial charge is 0.363 e. The average Bonchev–Trinajstić information content (AvgIpc) is 2.61. The van der Waals surface area contributed by atoms with Crippen molar-refractivity contribution < 1.29 is 13.6 Å². The third-order valence-corrected chi connectivity index (χ3v) is 6.05. The summed E-state index contributed by atoms with van der Waals surface area (Å²) in [6, 6.07) is 9.67. The van der Waals surface area contributed by atoms with Crippen LogP contribution in [-0.2, 0) is 13.6 Å². The van der Waals surface area contributed by atoms with E-state index < -0.39 is 7.60 Å². The van der Waals surface area contributed by atoms with Crippen LogP contribution in [0.2, 0.25) is 0 Å². The molecule has 1 aromatic rings. The highest BCUT2D eigenvalue weighted by molar-refractivity contribution is 7.65. The molecule has 0 atom stereocenters. The molecule has 0 radical (unpaired) electrons. The van der Waals surface area contributed by atoms with Crippen LogP contribution in [0.25, 0.3) is 5.31 Å². The van der Waals surface area contributed by atoms with E-state index in [1.165, 1.54) is 32.1 Å². The summed E-state index contributed by atoms with van der Waals surface area (Å²) in [5.41, 5.74) is 0.864. The van der Waals surface area contributed by atoms with Gasteiger partial charge in [0, 0.05) is 12.7 Å². The van der Waals surface area contributed by atoms with Gasteiger partial charge in [-0.25, -0.2) is 0 Å². The minimum absolute atomic E-state index is 0.346. The Morgan fingerprint density at radius 1 is 0.960 bits per heavy atom. The van der Waals surface area contributed by atoms with E-state index in [1.54, 1.807) is 0 Å². The monoisotopic (exact) mass is 367 g/mol. The number of benzene rings is 1. The first-order chi connectivity index (χ1) is 12.2. The SMILES string of the molecule is CCCCCCCCN/C=C(/c1ccccc1)P(=O)(OCC)OCC. The molecule has 4 nitrogen and oxygen atoms in total. The van der Waals surface area contributed by atoms with Gasteiger partial charge in [-0.15, -0.1) is 0 Å². The largest absolute Gasteiger partial charge is 0.390 e. The third kappa shape index (κ3) is 8.22. The molecule has 0 aliphatic rings. The standard InChI is InChI=1S/C20H34NO3P/c1-4-7-8-9-10-14-17-21-18-20(19-15-12-11-13-16-19)25(22,23-5-2)24-6-3/h11-13,15-16,18,21H,4-10,14,17H2,1-3H3/b20-18-. The summed E-state index contributed by atoms with van der Waals surface area (Å²) < 4.78 is 24.3. The van der Waals surface area contributed by atoms with Gasteiger partial charge in [-0.2, -0.15) is 0 Å². The number of unbranched alkanes of at least 4 members (excludes halogenated alkanes) is 5. The van der Waals surface area contributed by atoms with Gasteiger partial charge >= 0.3 is 7.60 Å². The Hall–Kier alpha value is -1.09. The van der Waals surface area contributed by atoms with Crippen LogP contribution < -0.4 is 5.32 Å². The van der Waals surface area contributed by atoms with Crippen LogP contribution in [0.3, 0.4) is 0 Å². The van der Waals surface area contributed by atoms with E-state index in [-0.39, 0.29) is 0 Å². The summed E-state index contributed by atoms with van der Waals surface area (Å²) in [6.07, 6.45) is 9.31. The molecule has 0 spiro atoms. The lowest BCUT2D eigenvalue weighted by Crippen LogP contribution is -2.09. The summed E-state index contributed by atoms with van der Waals surface area (Å²) in [5, 5.41) is 3.90. The third-order valence-electron chi connectivity index (χ3n) is 3.88. The molecule has 1 N–H and O–H groups in total. The van der Waals surface area contributed by atoms with Gasteiger partial charge in [-0.3, -0.25) is 4.57 Å². The van der Waals surface area contributed by atoms with Crippen molar-refractivity contribution in [2.45, 2.75) is 59.3 Å². The molecule has 0 fully saturated rings. The van der Waals surface area contributed by atoms with Gasteiger partial charge in [0.15, 0.2) is 0 Å². The Morgan fingerprint density at radius 3 is 2.16 bits per heavy atom. The molecule has 0 bridgehead atoms. The van der Waals surface area contributed by atoms with Crippen molar-refractivity contribution in [3.63, 3.8) is 0 Å². The number of nitrogens with one attached hydrogen (secondary N) is 1. The molecule has 0 saturated heterocycles. The quantitative estimate of drug-likeness (QED) is 0.314. The highest BCUT2D eigenvalue weighted by Gasteiger charge is 2.30. The minimum Gasteiger partial charge on any atom is -0.390 e. The van der Waals surface area contributed by atoms with E-state index >= 15 is 0 Å². The minimum atomic E-state index is -3.32. The van der Waals surface area contributed by atoms with E-state index in [0.29, 0.717) is 18.5 Å². The maximum atomic E-state index is 13.2. The van der Waals surface area contributed by atoms with E-state index in [1.807, 2.05) is 50.4 Å². The summed E-state index contributed by atoms with van der Waals surface area (Å²) >= 11 is 0. The zero-order valence-corrected chi connectivity index (χ0v) is 16.9. The summed E-state index contributed by atoms with van der Waals surface area (Å²) in [4.78, 5) is 0. The Labute approximate surface area is 153 Å². The Kier molecular flexibility index (Phi) is 11.6. The van der Waals surface area contributed by atoms with E-state index in [4.69, 9.17) is 9.05 Å². The molecule has 5 heteroatoms. The number of rotatable bonds is 14. The van der Waals surface area contributed by atoms with Crippen LogP contribution in [-0.4, -0.2) is 19.8 Å². The van der Waals surface area contributed by atoms with E-state index in [9.17, 15) is 4.57 Å². The Bertz CT molecular complexity index is 521. The summed E-state index contributed by atoms with van der Waals surface area (Å²) in [6.45, 7) is 7.45. The van der Waals surface area contributed by atoms with Crippen molar-refractivity contribution in [3.05, 3.63) is 42.1 Å². The highest BCUT2D eigenvalue weighted by Crippen LogP contribution is 2.60.